The number of unbranched alkanes of at least 4 members (excludes halogenated alkanes) is 8. The highest BCUT2D eigenvalue weighted by molar-refractivity contribution is 5.75. The SMILES string of the molecule is CCCCCCCCCNC(=O)CCCCC=O. The van der Waals surface area contributed by atoms with E-state index in [1.54, 1.807) is 0 Å². The number of carbonyl (C=O) groups is 2. The van der Waals surface area contributed by atoms with E-state index in [-0.39, 0.29) is 5.91 Å². The van der Waals surface area contributed by atoms with Gasteiger partial charge in [0.15, 0.2) is 0 Å². The lowest BCUT2D eigenvalue weighted by Gasteiger charge is -2.04. The van der Waals surface area contributed by atoms with Gasteiger partial charge in [-0.25, -0.2) is 0 Å². The largest absolute Gasteiger partial charge is 0.356 e. The van der Waals surface area contributed by atoms with E-state index in [9.17, 15) is 9.59 Å². The fourth-order valence-electron chi connectivity index (χ4n) is 1.91. The average molecular weight is 255 g/mol. The highest BCUT2D eigenvalue weighted by Gasteiger charge is 1.99. The molecule has 0 fully saturated rings. The fraction of sp³-hybridized carbons (Fsp3) is 0.867. The van der Waals surface area contributed by atoms with Crippen LogP contribution in [0.5, 0.6) is 0 Å². The maximum atomic E-state index is 11.4. The second kappa shape index (κ2) is 14.2. The van der Waals surface area contributed by atoms with E-state index in [2.05, 4.69) is 12.2 Å². The monoisotopic (exact) mass is 255 g/mol. The zero-order valence-electron chi connectivity index (χ0n) is 11.9. The molecule has 18 heavy (non-hydrogen) atoms. The molecule has 0 heterocycles. The third-order valence-electron chi connectivity index (χ3n) is 3.08. The lowest BCUT2D eigenvalue weighted by Crippen LogP contribution is -2.23. The minimum absolute atomic E-state index is 0.131. The van der Waals surface area contributed by atoms with Crippen LogP contribution in [0.3, 0.4) is 0 Å². The summed E-state index contributed by atoms with van der Waals surface area (Å²) < 4.78 is 0. The maximum absolute atomic E-state index is 11.4. The number of rotatable bonds is 13. The van der Waals surface area contributed by atoms with Gasteiger partial charge in [-0.3, -0.25) is 4.79 Å². The normalized spacial score (nSPS) is 10.3. The van der Waals surface area contributed by atoms with Crippen LogP contribution >= 0.6 is 0 Å². The van der Waals surface area contributed by atoms with E-state index in [0.29, 0.717) is 12.8 Å². The Labute approximate surface area is 112 Å². The molecule has 1 amide bonds. The predicted molar refractivity (Wildman–Crippen MR) is 75.5 cm³/mol. The Kier molecular flexibility index (Phi) is 13.5. The van der Waals surface area contributed by atoms with Crippen molar-refractivity contribution in [1.29, 1.82) is 0 Å². The summed E-state index contributed by atoms with van der Waals surface area (Å²) in [4.78, 5) is 21.5. The van der Waals surface area contributed by atoms with Crippen molar-refractivity contribution in [1.82, 2.24) is 5.32 Å². The first kappa shape index (κ1) is 17.1. The summed E-state index contributed by atoms with van der Waals surface area (Å²) in [5, 5.41) is 2.93. The van der Waals surface area contributed by atoms with Crippen molar-refractivity contribution < 1.29 is 9.59 Å². The van der Waals surface area contributed by atoms with Gasteiger partial charge in [-0.05, 0) is 19.3 Å². The van der Waals surface area contributed by atoms with Crippen LogP contribution in [0.4, 0.5) is 0 Å². The van der Waals surface area contributed by atoms with Crippen LogP contribution in [-0.4, -0.2) is 18.7 Å². The first-order chi connectivity index (χ1) is 8.81. The standard InChI is InChI=1S/C15H29NO2/c1-2-3-4-5-6-7-10-13-16-15(18)12-9-8-11-14-17/h14H,2-13H2,1H3,(H,16,18). The van der Waals surface area contributed by atoms with Crippen molar-refractivity contribution in [3.63, 3.8) is 0 Å². The number of nitrogens with one attached hydrogen (secondary N) is 1. The Morgan fingerprint density at radius 2 is 1.61 bits per heavy atom. The molecule has 0 rings (SSSR count). The van der Waals surface area contributed by atoms with E-state index in [4.69, 9.17) is 0 Å². The van der Waals surface area contributed by atoms with Crippen molar-refractivity contribution in [2.75, 3.05) is 6.54 Å². The number of hydrogen-bond donors (Lipinski definition) is 1. The van der Waals surface area contributed by atoms with Gasteiger partial charge in [0.25, 0.3) is 0 Å². The molecule has 0 bridgehead atoms. The lowest BCUT2D eigenvalue weighted by molar-refractivity contribution is -0.121. The smallest absolute Gasteiger partial charge is 0.219 e. The minimum atomic E-state index is 0.131. The van der Waals surface area contributed by atoms with Crippen LogP contribution in [-0.2, 0) is 9.59 Å². The van der Waals surface area contributed by atoms with Gasteiger partial charge in [-0.15, -0.1) is 0 Å². The molecule has 0 aromatic rings. The second-order valence-electron chi connectivity index (χ2n) is 4.88. The molecule has 0 aliphatic carbocycles. The number of hydrogen-bond acceptors (Lipinski definition) is 2. The summed E-state index contributed by atoms with van der Waals surface area (Å²) in [5.74, 6) is 0.131. The molecule has 0 aromatic carbocycles. The molecule has 3 nitrogen and oxygen atoms in total. The molecule has 0 aliphatic rings. The molecule has 0 aliphatic heterocycles. The zero-order valence-corrected chi connectivity index (χ0v) is 11.9. The van der Waals surface area contributed by atoms with Crippen LogP contribution in [0, 0.1) is 0 Å². The van der Waals surface area contributed by atoms with Gasteiger partial charge in [-0.2, -0.15) is 0 Å². The number of amides is 1. The highest BCUT2D eigenvalue weighted by atomic mass is 16.1. The third-order valence-corrected chi connectivity index (χ3v) is 3.08. The van der Waals surface area contributed by atoms with Gasteiger partial charge in [0.1, 0.15) is 6.29 Å². The van der Waals surface area contributed by atoms with Crippen LogP contribution in [0.2, 0.25) is 0 Å². The number of carbonyl (C=O) groups excluding carboxylic acids is 2. The Bertz CT molecular complexity index is 205. The number of aldehydes is 1. The van der Waals surface area contributed by atoms with E-state index in [1.165, 1.54) is 38.5 Å². The van der Waals surface area contributed by atoms with Crippen molar-refractivity contribution in [2.45, 2.75) is 77.6 Å². The molecule has 0 unspecified atom stereocenters. The highest BCUT2D eigenvalue weighted by Crippen LogP contribution is 2.06. The molecule has 0 radical (unpaired) electrons. The van der Waals surface area contributed by atoms with E-state index in [0.717, 1.165) is 32.1 Å². The zero-order chi connectivity index (χ0) is 13.5. The van der Waals surface area contributed by atoms with Crippen molar-refractivity contribution in [2.24, 2.45) is 0 Å². The molecule has 0 saturated carbocycles. The summed E-state index contributed by atoms with van der Waals surface area (Å²) >= 11 is 0. The van der Waals surface area contributed by atoms with E-state index >= 15 is 0 Å². The topological polar surface area (TPSA) is 46.2 Å². The van der Waals surface area contributed by atoms with Gasteiger partial charge in [0, 0.05) is 19.4 Å². The molecular weight excluding hydrogens is 226 g/mol. The first-order valence-corrected chi connectivity index (χ1v) is 7.51. The summed E-state index contributed by atoms with van der Waals surface area (Å²) in [5.41, 5.74) is 0. The third kappa shape index (κ3) is 13.2. The van der Waals surface area contributed by atoms with Crippen molar-refractivity contribution >= 4 is 12.2 Å². The molecule has 0 saturated heterocycles. The Morgan fingerprint density at radius 1 is 0.944 bits per heavy atom. The van der Waals surface area contributed by atoms with Crippen LogP contribution in [0.1, 0.15) is 77.6 Å². The molecule has 106 valence electrons. The Hall–Kier alpha value is -0.860. The summed E-state index contributed by atoms with van der Waals surface area (Å²) in [6.45, 7) is 3.03. The average Bonchev–Trinajstić information content (AvgIpc) is 2.38. The van der Waals surface area contributed by atoms with Gasteiger partial charge in [-0.1, -0.05) is 45.4 Å². The minimum Gasteiger partial charge on any atom is -0.356 e. The van der Waals surface area contributed by atoms with Crippen LogP contribution < -0.4 is 5.32 Å². The van der Waals surface area contributed by atoms with E-state index in [1.807, 2.05) is 0 Å². The van der Waals surface area contributed by atoms with Crippen LogP contribution in [0.15, 0.2) is 0 Å². The van der Waals surface area contributed by atoms with Gasteiger partial charge < -0.3 is 10.1 Å². The Balaban J connectivity index is 3.12. The van der Waals surface area contributed by atoms with Gasteiger partial charge >= 0.3 is 0 Å². The fourth-order valence-corrected chi connectivity index (χ4v) is 1.91. The summed E-state index contributed by atoms with van der Waals surface area (Å²) in [7, 11) is 0. The van der Waals surface area contributed by atoms with Gasteiger partial charge in [0.2, 0.25) is 5.91 Å². The first-order valence-electron chi connectivity index (χ1n) is 7.51. The second-order valence-corrected chi connectivity index (χ2v) is 4.88. The maximum Gasteiger partial charge on any atom is 0.219 e. The quantitative estimate of drug-likeness (QED) is 0.403. The summed E-state index contributed by atoms with van der Waals surface area (Å²) in [6, 6.07) is 0. The molecule has 3 heteroatoms. The Morgan fingerprint density at radius 3 is 2.28 bits per heavy atom. The molecule has 1 N–H and O–H groups in total. The van der Waals surface area contributed by atoms with Gasteiger partial charge in [0.05, 0.1) is 0 Å². The lowest BCUT2D eigenvalue weighted by atomic mass is 10.1. The summed E-state index contributed by atoms with van der Waals surface area (Å²) in [6.07, 6.45) is 12.6. The van der Waals surface area contributed by atoms with Crippen LogP contribution in [0.25, 0.3) is 0 Å². The molecule has 0 atom stereocenters. The van der Waals surface area contributed by atoms with Crippen molar-refractivity contribution in [3.05, 3.63) is 0 Å². The predicted octanol–water partition coefficient (Wildman–Crippen LogP) is 3.61. The molecule has 0 spiro atoms. The van der Waals surface area contributed by atoms with Crippen molar-refractivity contribution in [3.8, 4) is 0 Å². The molecular formula is C15H29NO2. The molecule has 0 aromatic heterocycles. The van der Waals surface area contributed by atoms with E-state index < -0.39 is 0 Å².